The lowest BCUT2D eigenvalue weighted by Crippen LogP contribution is -2.50. The van der Waals surface area contributed by atoms with Crippen molar-refractivity contribution in [1.82, 2.24) is 10.6 Å². The second kappa shape index (κ2) is 12.4. The average molecular weight is 474 g/mol. The summed E-state index contributed by atoms with van der Waals surface area (Å²) in [7, 11) is 0. The van der Waals surface area contributed by atoms with Gasteiger partial charge in [-0.25, -0.2) is 4.79 Å². The first-order chi connectivity index (χ1) is 14.7. The van der Waals surface area contributed by atoms with Crippen LogP contribution in [-0.2, 0) is 19.0 Å². The van der Waals surface area contributed by atoms with E-state index in [0.717, 1.165) is 6.42 Å². The van der Waals surface area contributed by atoms with Gasteiger partial charge in [0.05, 0.1) is 23.3 Å². The highest BCUT2D eigenvalue weighted by molar-refractivity contribution is 5.76. The fourth-order valence-corrected chi connectivity index (χ4v) is 2.98. The van der Waals surface area contributed by atoms with E-state index in [1.807, 2.05) is 76.2 Å². The van der Waals surface area contributed by atoms with Gasteiger partial charge in [0, 0.05) is 18.6 Å². The molecule has 0 saturated heterocycles. The number of alkyl carbamates (subject to hydrolysis) is 1. The van der Waals surface area contributed by atoms with Crippen molar-refractivity contribution in [3.05, 3.63) is 0 Å². The predicted molar refractivity (Wildman–Crippen MR) is 133 cm³/mol. The van der Waals surface area contributed by atoms with Crippen molar-refractivity contribution in [3.63, 3.8) is 0 Å². The summed E-state index contributed by atoms with van der Waals surface area (Å²) in [5.74, 6) is -0.0240. The van der Waals surface area contributed by atoms with Crippen LogP contribution in [0.2, 0.25) is 0 Å². The maximum Gasteiger partial charge on any atom is 0.408 e. The zero-order valence-corrected chi connectivity index (χ0v) is 23.1. The van der Waals surface area contributed by atoms with Crippen molar-refractivity contribution in [2.45, 2.75) is 130 Å². The van der Waals surface area contributed by atoms with E-state index in [1.54, 1.807) is 0 Å². The normalized spacial score (nSPS) is 13.6. The highest BCUT2D eigenvalue weighted by Gasteiger charge is 2.29. The van der Waals surface area contributed by atoms with Crippen molar-refractivity contribution in [2.75, 3.05) is 19.8 Å². The molecule has 0 aliphatic carbocycles. The molecule has 0 aliphatic rings. The Morgan fingerprint density at radius 2 is 1.27 bits per heavy atom. The van der Waals surface area contributed by atoms with Gasteiger partial charge in [-0.15, -0.1) is 0 Å². The third-order valence-corrected chi connectivity index (χ3v) is 5.06. The molecule has 0 saturated carbocycles. The molecule has 8 heteroatoms. The van der Waals surface area contributed by atoms with Crippen LogP contribution in [0.4, 0.5) is 4.79 Å². The largest absolute Gasteiger partial charge is 0.444 e. The predicted octanol–water partition coefficient (Wildman–Crippen LogP) is 4.29. The Morgan fingerprint density at radius 3 is 1.79 bits per heavy atom. The first kappa shape index (κ1) is 31.6. The molecule has 0 bridgehead atoms. The standard InChI is InChI=1S/C25H51N3O5/c1-21(2,3)33-20(30)28-23(6,7)18-32-24(8,9)13-12-19(29)27-22(4,5)15-17-31-25(10,11)14-16-26/h12-18,26H2,1-11H3,(H,27,29)(H,28,30). The molecule has 0 heterocycles. The molecule has 0 aromatic rings. The summed E-state index contributed by atoms with van der Waals surface area (Å²) in [6.07, 6.45) is 1.91. The van der Waals surface area contributed by atoms with Crippen LogP contribution in [0.15, 0.2) is 0 Å². The van der Waals surface area contributed by atoms with E-state index in [2.05, 4.69) is 10.6 Å². The first-order valence-corrected chi connectivity index (χ1v) is 12.0. The summed E-state index contributed by atoms with van der Waals surface area (Å²) in [5.41, 5.74) is 3.29. The zero-order chi connectivity index (χ0) is 26.1. The van der Waals surface area contributed by atoms with Gasteiger partial charge in [-0.05, 0) is 102 Å². The van der Waals surface area contributed by atoms with Crippen LogP contribution in [0, 0.1) is 0 Å². The molecule has 2 amide bonds. The molecule has 0 spiro atoms. The van der Waals surface area contributed by atoms with Crippen molar-refractivity contribution in [2.24, 2.45) is 5.73 Å². The van der Waals surface area contributed by atoms with Gasteiger partial charge in [0.2, 0.25) is 5.91 Å². The van der Waals surface area contributed by atoms with Crippen LogP contribution < -0.4 is 16.4 Å². The summed E-state index contributed by atoms with van der Waals surface area (Å²) in [6.45, 7) is 22.6. The molecule has 0 aromatic heterocycles. The van der Waals surface area contributed by atoms with Crippen molar-refractivity contribution in [3.8, 4) is 0 Å². The third kappa shape index (κ3) is 16.8. The van der Waals surface area contributed by atoms with Gasteiger partial charge < -0.3 is 30.6 Å². The second-order valence-electron chi connectivity index (χ2n) is 12.4. The number of ether oxygens (including phenoxy) is 3. The summed E-state index contributed by atoms with van der Waals surface area (Å²) in [4.78, 5) is 24.6. The lowest BCUT2D eigenvalue weighted by molar-refractivity contribution is -0.125. The van der Waals surface area contributed by atoms with Crippen LogP contribution in [0.5, 0.6) is 0 Å². The van der Waals surface area contributed by atoms with Gasteiger partial charge in [0.15, 0.2) is 0 Å². The fraction of sp³-hybridized carbons (Fsp3) is 0.920. The van der Waals surface area contributed by atoms with Crippen LogP contribution in [0.25, 0.3) is 0 Å². The van der Waals surface area contributed by atoms with Gasteiger partial charge in [-0.3, -0.25) is 4.79 Å². The van der Waals surface area contributed by atoms with E-state index < -0.39 is 22.8 Å². The molecule has 0 atom stereocenters. The molecule has 0 aliphatic heterocycles. The number of hydrogen-bond acceptors (Lipinski definition) is 6. The van der Waals surface area contributed by atoms with Gasteiger partial charge in [-0.1, -0.05) is 0 Å². The van der Waals surface area contributed by atoms with Crippen molar-refractivity contribution < 1.29 is 23.8 Å². The number of rotatable bonds is 14. The van der Waals surface area contributed by atoms with Crippen LogP contribution in [0.1, 0.15) is 102 Å². The summed E-state index contributed by atoms with van der Waals surface area (Å²) in [6, 6.07) is 0. The SMILES string of the molecule is CC(C)(CCOC(C)(C)CCN)NC(=O)CCC(C)(C)OCC(C)(C)NC(=O)OC(C)(C)C. The second-order valence-corrected chi connectivity index (χ2v) is 12.4. The summed E-state index contributed by atoms with van der Waals surface area (Å²) in [5, 5.41) is 5.93. The van der Waals surface area contributed by atoms with Gasteiger partial charge >= 0.3 is 6.09 Å². The minimum atomic E-state index is -0.610. The van der Waals surface area contributed by atoms with Gasteiger partial charge in [0.1, 0.15) is 5.60 Å². The Hall–Kier alpha value is -1.38. The third-order valence-electron chi connectivity index (χ3n) is 5.06. The Kier molecular flexibility index (Phi) is 11.8. The molecule has 0 rings (SSSR count). The maximum atomic E-state index is 12.5. The van der Waals surface area contributed by atoms with Gasteiger partial charge in [-0.2, -0.15) is 0 Å². The Labute approximate surface area is 202 Å². The lowest BCUT2D eigenvalue weighted by atomic mass is 9.98. The van der Waals surface area contributed by atoms with E-state index >= 15 is 0 Å². The average Bonchev–Trinajstić information content (AvgIpc) is 2.55. The highest BCUT2D eigenvalue weighted by atomic mass is 16.6. The van der Waals surface area contributed by atoms with E-state index in [-0.39, 0.29) is 17.0 Å². The number of carbonyl (C=O) groups excluding carboxylic acids is 2. The van der Waals surface area contributed by atoms with E-state index in [9.17, 15) is 9.59 Å². The highest BCUT2D eigenvalue weighted by Crippen LogP contribution is 2.21. The lowest BCUT2D eigenvalue weighted by Gasteiger charge is -2.33. The molecule has 0 unspecified atom stereocenters. The number of nitrogens with one attached hydrogen (secondary N) is 2. The smallest absolute Gasteiger partial charge is 0.408 e. The van der Waals surface area contributed by atoms with E-state index in [0.29, 0.717) is 39.0 Å². The van der Waals surface area contributed by atoms with Crippen LogP contribution >= 0.6 is 0 Å². The number of carbonyl (C=O) groups is 2. The molecular formula is C25H51N3O5. The topological polar surface area (TPSA) is 112 Å². The molecule has 196 valence electrons. The number of hydrogen-bond donors (Lipinski definition) is 3. The zero-order valence-electron chi connectivity index (χ0n) is 23.1. The number of nitrogens with two attached hydrogens (primary N) is 1. The van der Waals surface area contributed by atoms with Crippen molar-refractivity contribution >= 4 is 12.0 Å². The quantitative estimate of drug-likeness (QED) is 0.347. The molecule has 4 N–H and O–H groups in total. The van der Waals surface area contributed by atoms with Crippen molar-refractivity contribution in [1.29, 1.82) is 0 Å². The van der Waals surface area contributed by atoms with Crippen LogP contribution in [-0.4, -0.2) is 59.6 Å². The van der Waals surface area contributed by atoms with Crippen LogP contribution in [0.3, 0.4) is 0 Å². The van der Waals surface area contributed by atoms with E-state index in [4.69, 9.17) is 19.9 Å². The number of amides is 2. The van der Waals surface area contributed by atoms with E-state index in [1.165, 1.54) is 0 Å². The molecule has 0 radical (unpaired) electrons. The monoisotopic (exact) mass is 473 g/mol. The Morgan fingerprint density at radius 1 is 0.727 bits per heavy atom. The Bertz CT molecular complexity index is 622. The molecule has 33 heavy (non-hydrogen) atoms. The molecular weight excluding hydrogens is 422 g/mol. The molecule has 0 fully saturated rings. The fourth-order valence-electron chi connectivity index (χ4n) is 2.98. The Balaban J connectivity index is 4.49. The summed E-state index contributed by atoms with van der Waals surface area (Å²) < 4.78 is 17.3. The summed E-state index contributed by atoms with van der Waals surface area (Å²) >= 11 is 0. The molecule has 0 aromatic carbocycles. The minimum Gasteiger partial charge on any atom is -0.444 e. The first-order valence-electron chi connectivity index (χ1n) is 12.0. The maximum absolute atomic E-state index is 12.5. The minimum absolute atomic E-state index is 0.0240. The molecule has 8 nitrogen and oxygen atoms in total. The van der Waals surface area contributed by atoms with Gasteiger partial charge in [0.25, 0.3) is 0 Å².